The van der Waals surface area contributed by atoms with Crippen LogP contribution in [0.25, 0.3) is 6.08 Å². The van der Waals surface area contributed by atoms with E-state index in [1.165, 1.54) is 5.56 Å². The van der Waals surface area contributed by atoms with E-state index in [2.05, 4.69) is 30.9 Å². The Hall–Kier alpha value is -3.77. The molecule has 0 saturated carbocycles. The van der Waals surface area contributed by atoms with Crippen molar-refractivity contribution in [1.29, 1.82) is 0 Å². The largest absolute Gasteiger partial charge is 0.493 e. The van der Waals surface area contributed by atoms with Crippen LogP contribution in [-0.4, -0.2) is 31.6 Å². The van der Waals surface area contributed by atoms with E-state index in [9.17, 15) is 4.79 Å². The first-order chi connectivity index (χ1) is 17.0. The number of hydrogen-bond acceptors (Lipinski definition) is 6. The monoisotopic (exact) mass is 471 g/mol. The summed E-state index contributed by atoms with van der Waals surface area (Å²) in [4.78, 5) is 15.2. The summed E-state index contributed by atoms with van der Waals surface area (Å²) in [7, 11) is 3.25. The maximum absolute atomic E-state index is 13.1. The predicted molar refractivity (Wildman–Crippen MR) is 134 cm³/mol. The highest BCUT2D eigenvalue weighted by atomic mass is 16.5. The number of methoxy groups -OCH3 is 2. The molecule has 0 aliphatic carbocycles. The SMILES string of the molecule is COc1ccc(CN2COc3ccc4c(c3C2)O/C(=C\c2ccc(C(C)C)cc2)C4=O)cc1OC. The summed E-state index contributed by atoms with van der Waals surface area (Å²) < 4.78 is 22.9. The molecule has 3 aromatic rings. The number of allylic oxidation sites excluding steroid dienone is 1. The lowest BCUT2D eigenvalue weighted by Crippen LogP contribution is -2.31. The Morgan fingerprint density at radius 2 is 1.77 bits per heavy atom. The molecular weight excluding hydrogens is 442 g/mol. The Morgan fingerprint density at radius 3 is 2.49 bits per heavy atom. The van der Waals surface area contributed by atoms with Gasteiger partial charge in [-0.3, -0.25) is 9.69 Å². The van der Waals surface area contributed by atoms with Crippen molar-refractivity contribution in [2.75, 3.05) is 21.0 Å². The van der Waals surface area contributed by atoms with Gasteiger partial charge in [0.1, 0.15) is 18.2 Å². The maximum atomic E-state index is 13.1. The fourth-order valence-electron chi connectivity index (χ4n) is 4.47. The third-order valence-corrected chi connectivity index (χ3v) is 6.44. The fourth-order valence-corrected chi connectivity index (χ4v) is 4.47. The molecule has 0 aromatic heterocycles. The molecule has 0 spiro atoms. The molecule has 3 aromatic carbocycles. The fraction of sp³-hybridized carbons (Fsp3) is 0.276. The van der Waals surface area contributed by atoms with Crippen LogP contribution in [0.5, 0.6) is 23.0 Å². The highest BCUT2D eigenvalue weighted by molar-refractivity contribution is 6.15. The van der Waals surface area contributed by atoms with E-state index in [0.29, 0.717) is 54.3 Å². The molecule has 0 amide bonds. The molecule has 2 aliphatic heterocycles. The van der Waals surface area contributed by atoms with E-state index < -0.39 is 0 Å². The van der Waals surface area contributed by atoms with Gasteiger partial charge in [-0.05, 0) is 52.9 Å². The number of ketones is 1. The second-order valence-electron chi connectivity index (χ2n) is 9.13. The number of benzene rings is 3. The van der Waals surface area contributed by atoms with Crippen molar-refractivity contribution >= 4 is 11.9 Å². The first kappa shape index (κ1) is 23.0. The van der Waals surface area contributed by atoms with Gasteiger partial charge in [0.25, 0.3) is 0 Å². The third-order valence-electron chi connectivity index (χ3n) is 6.44. The van der Waals surface area contributed by atoms with Crippen LogP contribution in [0.2, 0.25) is 0 Å². The van der Waals surface area contributed by atoms with Gasteiger partial charge in [0, 0.05) is 13.1 Å². The number of carbonyl (C=O) groups excluding carboxylic acids is 1. The normalized spacial score (nSPS) is 16.0. The van der Waals surface area contributed by atoms with Crippen molar-refractivity contribution in [1.82, 2.24) is 4.90 Å². The first-order valence-corrected chi connectivity index (χ1v) is 11.7. The van der Waals surface area contributed by atoms with Gasteiger partial charge in [-0.15, -0.1) is 0 Å². The Kier molecular flexibility index (Phi) is 6.22. The van der Waals surface area contributed by atoms with Crippen molar-refractivity contribution in [3.8, 4) is 23.0 Å². The van der Waals surface area contributed by atoms with Crippen LogP contribution in [0.3, 0.4) is 0 Å². The Labute approximate surface area is 205 Å². The zero-order valence-electron chi connectivity index (χ0n) is 20.5. The van der Waals surface area contributed by atoms with E-state index in [4.69, 9.17) is 18.9 Å². The van der Waals surface area contributed by atoms with Crippen LogP contribution < -0.4 is 18.9 Å². The number of nitrogens with zero attached hydrogens (tertiary/aromatic N) is 1. The molecule has 2 aliphatic rings. The average Bonchev–Trinajstić information content (AvgIpc) is 3.19. The lowest BCUT2D eigenvalue weighted by molar-refractivity contribution is 0.0872. The van der Waals surface area contributed by atoms with E-state index in [1.807, 2.05) is 42.5 Å². The highest BCUT2D eigenvalue weighted by Gasteiger charge is 2.33. The number of fused-ring (bicyclic) bond motifs is 3. The molecule has 6 nitrogen and oxygen atoms in total. The smallest absolute Gasteiger partial charge is 0.231 e. The van der Waals surface area contributed by atoms with Gasteiger partial charge in [-0.25, -0.2) is 0 Å². The molecule has 0 atom stereocenters. The van der Waals surface area contributed by atoms with E-state index >= 15 is 0 Å². The van der Waals surface area contributed by atoms with Crippen LogP contribution in [0, 0.1) is 0 Å². The topological polar surface area (TPSA) is 57.2 Å². The van der Waals surface area contributed by atoms with Gasteiger partial charge in [0.05, 0.1) is 25.3 Å². The van der Waals surface area contributed by atoms with Crippen molar-refractivity contribution in [2.45, 2.75) is 32.9 Å². The van der Waals surface area contributed by atoms with E-state index in [1.54, 1.807) is 20.3 Å². The molecule has 6 heteroatoms. The van der Waals surface area contributed by atoms with Gasteiger partial charge in [-0.1, -0.05) is 44.2 Å². The molecule has 0 N–H and O–H groups in total. The minimum atomic E-state index is -0.104. The molecule has 0 fully saturated rings. The van der Waals surface area contributed by atoms with Crippen LogP contribution >= 0.6 is 0 Å². The lowest BCUT2D eigenvalue weighted by atomic mass is 10.0. The zero-order valence-corrected chi connectivity index (χ0v) is 20.5. The van der Waals surface area contributed by atoms with Gasteiger partial charge >= 0.3 is 0 Å². The summed E-state index contributed by atoms with van der Waals surface area (Å²) in [5, 5.41) is 0. The molecule has 0 bridgehead atoms. The molecule has 0 saturated heterocycles. The van der Waals surface area contributed by atoms with E-state index in [-0.39, 0.29) is 5.78 Å². The Balaban J connectivity index is 1.37. The Bertz CT molecular complexity index is 1290. The summed E-state index contributed by atoms with van der Waals surface area (Å²) >= 11 is 0. The molecule has 0 radical (unpaired) electrons. The Morgan fingerprint density at radius 1 is 1.00 bits per heavy atom. The molecular formula is C29H29NO5. The van der Waals surface area contributed by atoms with Crippen LogP contribution in [0.4, 0.5) is 0 Å². The maximum Gasteiger partial charge on any atom is 0.231 e. The van der Waals surface area contributed by atoms with Crippen molar-refractivity contribution in [2.24, 2.45) is 0 Å². The van der Waals surface area contributed by atoms with Crippen LogP contribution in [0.15, 0.2) is 60.4 Å². The first-order valence-electron chi connectivity index (χ1n) is 11.7. The molecule has 0 unspecified atom stereocenters. The summed E-state index contributed by atoms with van der Waals surface area (Å²) in [5.41, 5.74) is 4.73. The number of hydrogen-bond donors (Lipinski definition) is 0. The second-order valence-corrected chi connectivity index (χ2v) is 9.13. The third kappa shape index (κ3) is 4.49. The van der Waals surface area contributed by atoms with Crippen LogP contribution in [-0.2, 0) is 13.1 Å². The number of ether oxygens (including phenoxy) is 4. The number of rotatable bonds is 6. The quantitative estimate of drug-likeness (QED) is 0.424. The highest BCUT2D eigenvalue weighted by Crippen LogP contribution is 2.42. The van der Waals surface area contributed by atoms with Crippen molar-refractivity contribution in [3.63, 3.8) is 0 Å². The van der Waals surface area contributed by atoms with Crippen LogP contribution in [0.1, 0.15) is 52.4 Å². The summed E-state index contributed by atoms with van der Waals surface area (Å²) in [6, 6.07) is 17.8. The average molecular weight is 472 g/mol. The lowest BCUT2D eigenvalue weighted by Gasteiger charge is -2.29. The number of Topliss-reactive ketones (excluding diaryl/α,β-unsaturated/α-hetero) is 1. The number of carbonyl (C=O) groups is 1. The summed E-state index contributed by atoms with van der Waals surface area (Å²) in [6.45, 7) is 6.03. The van der Waals surface area contributed by atoms with Crippen molar-refractivity contribution in [3.05, 3.63) is 88.2 Å². The van der Waals surface area contributed by atoms with Gasteiger partial charge in [0.15, 0.2) is 17.3 Å². The molecule has 180 valence electrons. The molecule has 5 rings (SSSR count). The summed E-state index contributed by atoms with van der Waals surface area (Å²) in [6.07, 6.45) is 1.81. The zero-order chi connectivity index (χ0) is 24.5. The molecule has 35 heavy (non-hydrogen) atoms. The minimum absolute atomic E-state index is 0.104. The standard InChI is InChI=1S/C29H29NO5/c1-18(2)21-8-5-19(6-9-21)13-27-28(31)22-10-12-24-23(29(22)35-27)16-30(17-34-24)15-20-7-11-25(32-3)26(14-20)33-4/h5-14,18H,15-17H2,1-4H3/b27-13-. The minimum Gasteiger partial charge on any atom is -0.493 e. The van der Waals surface area contributed by atoms with Gasteiger partial charge in [0.2, 0.25) is 5.78 Å². The van der Waals surface area contributed by atoms with E-state index in [0.717, 1.165) is 22.4 Å². The van der Waals surface area contributed by atoms with Gasteiger partial charge in [-0.2, -0.15) is 0 Å². The van der Waals surface area contributed by atoms with Gasteiger partial charge < -0.3 is 18.9 Å². The second kappa shape index (κ2) is 9.47. The predicted octanol–water partition coefficient (Wildman–Crippen LogP) is 5.80. The van der Waals surface area contributed by atoms with Crippen molar-refractivity contribution < 1.29 is 23.7 Å². The summed E-state index contributed by atoms with van der Waals surface area (Å²) in [5.74, 6) is 3.42. The molecule has 2 heterocycles.